The van der Waals surface area contributed by atoms with E-state index in [1.165, 1.54) is 11.0 Å². The van der Waals surface area contributed by atoms with Gasteiger partial charge in [0.25, 0.3) is 5.91 Å². The van der Waals surface area contributed by atoms with Crippen LogP contribution in [0.2, 0.25) is 5.02 Å². The van der Waals surface area contributed by atoms with E-state index in [2.05, 4.69) is 0 Å². The van der Waals surface area contributed by atoms with Crippen LogP contribution in [0.4, 0.5) is 10.1 Å². The highest BCUT2D eigenvalue weighted by atomic mass is 35.5. The smallest absolute Gasteiger partial charge is 0.281 e. The lowest BCUT2D eigenvalue weighted by molar-refractivity contribution is -0.114. The van der Waals surface area contributed by atoms with Crippen molar-refractivity contribution in [1.82, 2.24) is 4.90 Å². The first-order chi connectivity index (χ1) is 15.0. The monoisotopic (exact) mass is 452 g/mol. The Hall–Kier alpha value is -3.22. The van der Waals surface area contributed by atoms with Crippen LogP contribution in [0, 0.1) is 5.82 Å². The average Bonchev–Trinajstić information content (AvgIpc) is 2.98. The maximum atomic E-state index is 13.8. The molecule has 1 aliphatic heterocycles. The topological polar surface area (TPSA) is 32.8 Å². The molecule has 0 spiro atoms. The van der Waals surface area contributed by atoms with E-state index in [1.54, 1.807) is 54.4 Å². The Balaban J connectivity index is 1.55. The van der Waals surface area contributed by atoms with Crippen molar-refractivity contribution in [2.24, 2.45) is 0 Å². The molecule has 31 heavy (non-hydrogen) atoms. The quantitative estimate of drug-likeness (QED) is 0.369. The highest BCUT2D eigenvalue weighted by molar-refractivity contribution is 7.80. The minimum Gasteiger partial charge on any atom is -0.487 e. The molecule has 1 aliphatic rings. The van der Waals surface area contributed by atoms with Gasteiger partial charge in [0, 0.05) is 12.6 Å². The van der Waals surface area contributed by atoms with Crippen molar-refractivity contribution in [3.05, 3.63) is 100 Å². The molecule has 3 aromatic carbocycles. The number of anilines is 1. The summed E-state index contributed by atoms with van der Waals surface area (Å²) in [5.41, 5.74) is 2.31. The standard InChI is InChI=1S/C24H18ClFN2O2S/c1-27-21(23(29)28(24(27)31)18-8-3-2-4-9-18)14-16-11-12-22(19(25)13-16)30-15-17-7-5-6-10-20(17)26/h2-14H,15H2,1H3/b21-14-. The molecular weight excluding hydrogens is 435 g/mol. The van der Waals surface area contributed by atoms with Crippen LogP contribution in [0.1, 0.15) is 11.1 Å². The molecule has 0 bridgehead atoms. The van der Waals surface area contributed by atoms with Crippen LogP contribution < -0.4 is 9.64 Å². The summed E-state index contributed by atoms with van der Waals surface area (Å²) in [6.45, 7) is 0.0638. The first-order valence-corrected chi connectivity index (χ1v) is 10.3. The number of ether oxygens (including phenoxy) is 1. The number of hydrogen-bond donors (Lipinski definition) is 0. The largest absolute Gasteiger partial charge is 0.487 e. The molecule has 0 aromatic heterocycles. The maximum Gasteiger partial charge on any atom is 0.281 e. The van der Waals surface area contributed by atoms with Crippen LogP contribution in [0.15, 0.2) is 78.5 Å². The van der Waals surface area contributed by atoms with E-state index in [-0.39, 0.29) is 18.3 Å². The van der Waals surface area contributed by atoms with E-state index in [0.717, 1.165) is 5.56 Å². The van der Waals surface area contributed by atoms with Gasteiger partial charge in [-0.2, -0.15) is 0 Å². The third-order valence-electron chi connectivity index (χ3n) is 4.88. The molecule has 3 aromatic rings. The number of benzene rings is 3. The van der Waals surface area contributed by atoms with E-state index in [4.69, 9.17) is 28.6 Å². The summed E-state index contributed by atoms with van der Waals surface area (Å²) < 4.78 is 19.4. The first-order valence-electron chi connectivity index (χ1n) is 9.50. The van der Waals surface area contributed by atoms with Crippen LogP contribution >= 0.6 is 23.8 Å². The molecule has 0 saturated carbocycles. The molecule has 0 aliphatic carbocycles. The van der Waals surface area contributed by atoms with E-state index in [0.29, 0.717) is 32.8 Å². The number of thiocarbonyl (C=S) groups is 1. The van der Waals surface area contributed by atoms with Gasteiger partial charge in [-0.05, 0) is 54.2 Å². The van der Waals surface area contributed by atoms with Gasteiger partial charge in [-0.25, -0.2) is 4.39 Å². The first kappa shape index (κ1) is 21.0. The summed E-state index contributed by atoms with van der Waals surface area (Å²) in [5, 5.41) is 0.764. The highest BCUT2D eigenvalue weighted by Crippen LogP contribution is 2.31. The fourth-order valence-corrected chi connectivity index (χ4v) is 3.74. The summed E-state index contributed by atoms with van der Waals surface area (Å²) in [6, 6.07) is 20.8. The lowest BCUT2D eigenvalue weighted by Gasteiger charge is -2.16. The zero-order valence-corrected chi connectivity index (χ0v) is 18.2. The Labute approximate surface area is 190 Å². The third-order valence-corrected chi connectivity index (χ3v) is 5.63. The third kappa shape index (κ3) is 4.31. The Morgan fingerprint density at radius 3 is 2.48 bits per heavy atom. The SMILES string of the molecule is CN1C(=S)N(c2ccccc2)C(=O)/C1=C/c1ccc(OCc2ccccc2F)c(Cl)c1. The Bertz CT molecular complexity index is 1180. The number of amides is 1. The summed E-state index contributed by atoms with van der Waals surface area (Å²) >= 11 is 11.8. The van der Waals surface area contributed by atoms with Gasteiger partial charge in [0.15, 0.2) is 5.11 Å². The lowest BCUT2D eigenvalue weighted by atomic mass is 10.1. The van der Waals surface area contributed by atoms with E-state index < -0.39 is 0 Å². The summed E-state index contributed by atoms with van der Waals surface area (Å²) in [4.78, 5) is 16.2. The molecule has 4 nitrogen and oxygen atoms in total. The number of likely N-dealkylation sites (N-methyl/N-ethyl adjacent to an activating group) is 1. The molecule has 156 valence electrons. The predicted octanol–water partition coefficient (Wildman–Crippen LogP) is 5.66. The van der Waals surface area contributed by atoms with Crippen LogP contribution in [0.3, 0.4) is 0 Å². The van der Waals surface area contributed by atoms with E-state index in [1.807, 2.05) is 30.3 Å². The second-order valence-electron chi connectivity index (χ2n) is 6.92. The molecule has 1 amide bonds. The average molecular weight is 453 g/mol. The van der Waals surface area contributed by atoms with Gasteiger partial charge in [-0.15, -0.1) is 0 Å². The molecule has 0 radical (unpaired) electrons. The van der Waals surface area contributed by atoms with Gasteiger partial charge < -0.3 is 9.64 Å². The second kappa shape index (κ2) is 8.88. The molecular formula is C24H18ClFN2O2S. The van der Waals surface area contributed by atoms with Gasteiger partial charge in [0.1, 0.15) is 23.9 Å². The van der Waals surface area contributed by atoms with Gasteiger partial charge in [-0.1, -0.05) is 54.1 Å². The number of halogens is 2. The molecule has 1 heterocycles. The molecule has 4 rings (SSSR count). The van der Waals surface area contributed by atoms with Crippen LogP contribution in [-0.4, -0.2) is 23.0 Å². The number of para-hydroxylation sites is 1. The fraction of sp³-hybridized carbons (Fsp3) is 0.0833. The Kier molecular flexibility index (Phi) is 6.02. The van der Waals surface area contributed by atoms with E-state index >= 15 is 0 Å². The molecule has 0 N–H and O–H groups in total. The van der Waals surface area contributed by atoms with Crippen LogP contribution in [0.25, 0.3) is 6.08 Å². The van der Waals surface area contributed by atoms with Crippen molar-refractivity contribution in [2.45, 2.75) is 6.61 Å². The number of nitrogens with zero attached hydrogens (tertiary/aromatic N) is 2. The van der Waals surface area contributed by atoms with Crippen molar-refractivity contribution in [3.8, 4) is 5.75 Å². The second-order valence-corrected chi connectivity index (χ2v) is 7.69. The van der Waals surface area contributed by atoms with Gasteiger partial charge in [0.2, 0.25) is 0 Å². The van der Waals surface area contributed by atoms with Crippen molar-refractivity contribution < 1.29 is 13.9 Å². The zero-order chi connectivity index (χ0) is 22.0. The maximum absolute atomic E-state index is 13.8. The van der Waals surface area contributed by atoms with Crippen molar-refractivity contribution in [2.75, 3.05) is 11.9 Å². The number of carbonyl (C=O) groups excluding carboxylic acids is 1. The normalized spacial score (nSPS) is 15.1. The molecule has 0 atom stereocenters. The molecule has 7 heteroatoms. The van der Waals surface area contributed by atoms with Crippen molar-refractivity contribution >= 4 is 46.6 Å². The zero-order valence-electron chi connectivity index (χ0n) is 16.6. The number of rotatable bonds is 5. The summed E-state index contributed by atoms with van der Waals surface area (Å²) in [5.74, 6) is -0.115. The molecule has 1 fully saturated rings. The minimum absolute atomic E-state index is 0.0638. The van der Waals surface area contributed by atoms with Gasteiger partial charge in [-0.3, -0.25) is 9.69 Å². The van der Waals surface area contributed by atoms with Crippen molar-refractivity contribution in [3.63, 3.8) is 0 Å². The molecule has 0 unspecified atom stereocenters. The lowest BCUT2D eigenvalue weighted by Crippen LogP contribution is -2.30. The number of carbonyl (C=O) groups is 1. The van der Waals surface area contributed by atoms with E-state index in [9.17, 15) is 9.18 Å². The fourth-order valence-electron chi connectivity index (χ4n) is 3.21. The summed E-state index contributed by atoms with van der Waals surface area (Å²) in [7, 11) is 1.75. The van der Waals surface area contributed by atoms with Gasteiger partial charge >= 0.3 is 0 Å². The van der Waals surface area contributed by atoms with Crippen molar-refractivity contribution in [1.29, 1.82) is 0 Å². The Morgan fingerprint density at radius 1 is 1.06 bits per heavy atom. The van der Waals surface area contributed by atoms with Gasteiger partial charge in [0.05, 0.1) is 10.7 Å². The molecule has 1 saturated heterocycles. The van der Waals surface area contributed by atoms with Crippen LogP contribution in [0.5, 0.6) is 5.75 Å². The van der Waals surface area contributed by atoms with Crippen LogP contribution in [-0.2, 0) is 11.4 Å². The highest BCUT2D eigenvalue weighted by Gasteiger charge is 2.36. The number of hydrogen-bond acceptors (Lipinski definition) is 3. The predicted molar refractivity (Wildman–Crippen MR) is 124 cm³/mol. The summed E-state index contributed by atoms with van der Waals surface area (Å²) in [6.07, 6.45) is 1.73. The Morgan fingerprint density at radius 2 is 1.77 bits per heavy atom. The minimum atomic E-state index is -0.332.